The van der Waals surface area contributed by atoms with E-state index < -0.39 is 9.84 Å². The Morgan fingerprint density at radius 2 is 1.65 bits per heavy atom. The summed E-state index contributed by atoms with van der Waals surface area (Å²) >= 11 is 0. The maximum absolute atomic E-state index is 12.3. The molecule has 5 nitrogen and oxygen atoms in total. The molecule has 20 heavy (non-hydrogen) atoms. The molecule has 114 valence electrons. The standard InChI is InChI=1S/C14H22O5S/c15-13(4-5-14-18-6-7-19-14)10-8-11-2-1-3-12(9-10)20(11,16)17/h10-12,14H,1-9H2. The van der Waals surface area contributed by atoms with E-state index in [-0.39, 0.29) is 28.5 Å². The molecule has 0 aliphatic carbocycles. The van der Waals surface area contributed by atoms with Crippen molar-refractivity contribution in [1.82, 2.24) is 0 Å². The molecule has 2 bridgehead atoms. The highest BCUT2D eigenvalue weighted by atomic mass is 32.2. The van der Waals surface area contributed by atoms with Gasteiger partial charge in [-0.1, -0.05) is 6.42 Å². The van der Waals surface area contributed by atoms with E-state index in [2.05, 4.69) is 0 Å². The van der Waals surface area contributed by atoms with Crippen LogP contribution in [-0.2, 0) is 24.1 Å². The first-order valence-corrected chi connectivity index (χ1v) is 9.17. The van der Waals surface area contributed by atoms with Gasteiger partial charge in [0.25, 0.3) is 0 Å². The van der Waals surface area contributed by atoms with Crippen molar-refractivity contribution < 1.29 is 22.7 Å². The lowest BCUT2D eigenvalue weighted by atomic mass is 9.85. The lowest BCUT2D eigenvalue weighted by Gasteiger charge is -2.38. The second-order valence-electron chi connectivity index (χ2n) is 6.11. The van der Waals surface area contributed by atoms with Crippen molar-refractivity contribution in [3.63, 3.8) is 0 Å². The maximum atomic E-state index is 12.3. The van der Waals surface area contributed by atoms with E-state index in [0.29, 0.717) is 38.9 Å². The first-order valence-electron chi connectivity index (χ1n) is 7.56. The number of carbonyl (C=O) groups is 1. The summed E-state index contributed by atoms with van der Waals surface area (Å²) in [6.07, 6.45) is 4.31. The average molecular weight is 302 g/mol. The molecule has 3 aliphatic rings. The number of ketones is 1. The summed E-state index contributed by atoms with van der Waals surface area (Å²) in [5.41, 5.74) is 0. The van der Waals surface area contributed by atoms with Gasteiger partial charge in [-0.15, -0.1) is 0 Å². The van der Waals surface area contributed by atoms with Gasteiger partial charge in [0.15, 0.2) is 16.1 Å². The third-order valence-corrected chi connectivity index (χ3v) is 7.56. The van der Waals surface area contributed by atoms with Crippen LogP contribution in [0.5, 0.6) is 0 Å². The Morgan fingerprint density at radius 1 is 1.05 bits per heavy atom. The number of ether oxygens (including phenoxy) is 2. The van der Waals surface area contributed by atoms with Crippen molar-refractivity contribution >= 4 is 15.6 Å². The Hall–Kier alpha value is -0.460. The first-order chi connectivity index (χ1) is 9.57. The van der Waals surface area contributed by atoms with Gasteiger partial charge in [0, 0.05) is 18.8 Å². The second-order valence-corrected chi connectivity index (χ2v) is 8.62. The highest BCUT2D eigenvalue weighted by Crippen LogP contribution is 2.40. The Kier molecular flexibility index (Phi) is 4.15. The summed E-state index contributed by atoms with van der Waals surface area (Å²) in [4.78, 5) is 12.3. The molecule has 3 heterocycles. The minimum absolute atomic E-state index is 0.0739. The van der Waals surface area contributed by atoms with Gasteiger partial charge in [-0.3, -0.25) is 4.79 Å². The highest BCUT2D eigenvalue weighted by molar-refractivity contribution is 7.92. The van der Waals surface area contributed by atoms with E-state index in [1.165, 1.54) is 0 Å². The molecule has 0 radical (unpaired) electrons. The van der Waals surface area contributed by atoms with Gasteiger partial charge in [0.1, 0.15) is 5.78 Å². The molecule has 0 aromatic rings. The first kappa shape index (κ1) is 14.5. The zero-order valence-electron chi connectivity index (χ0n) is 11.6. The van der Waals surface area contributed by atoms with Crippen LogP contribution in [0.15, 0.2) is 0 Å². The van der Waals surface area contributed by atoms with Gasteiger partial charge >= 0.3 is 0 Å². The molecule has 2 atom stereocenters. The predicted octanol–water partition coefficient (Wildman–Crippen LogP) is 1.45. The molecule has 6 heteroatoms. The molecular formula is C14H22O5S. The van der Waals surface area contributed by atoms with Crippen LogP contribution >= 0.6 is 0 Å². The summed E-state index contributed by atoms with van der Waals surface area (Å²) in [5.74, 6) is 0.117. The van der Waals surface area contributed by atoms with Gasteiger partial charge < -0.3 is 9.47 Å². The van der Waals surface area contributed by atoms with Crippen molar-refractivity contribution in [2.45, 2.75) is 61.7 Å². The van der Waals surface area contributed by atoms with Crippen molar-refractivity contribution in [2.75, 3.05) is 13.2 Å². The average Bonchev–Trinajstić information content (AvgIpc) is 2.87. The maximum Gasteiger partial charge on any atom is 0.158 e. The van der Waals surface area contributed by atoms with Crippen molar-refractivity contribution in [1.29, 1.82) is 0 Å². The van der Waals surface area contributed by atoms with Crippen molar-refractivity contribution in [3.05, 3.63) is 0 Å². The molecule has 2 unspecified atom stereocenters. The number of carbonyl (C=O) groups excluding carboxylic acids is 1. The van der Waals surface area contributed by atoms with E-state index in [1.54, 1.807) is 0 Å². The molecule has 0 aromatic heterocycles. The molecule has 3 aliphatic heterocycles. The summed E-state index contributed by atoms with van der Waals surface area (Å²) in [5, 5.41) is -0.550. The fourth-order valence-electron chi connectivity index (χ4n) is 3.71. The normalized spacial score (nSPS) is 36.9. The Labute approximate surface area is 119 Å². The zero-order chi connectivity index (χ0) is 14.2. The van der Waals surface area contributed by atoms with Crippen LogP contribution in [-0.4, -0.2) is 44.2 Å². The van der Waals surface area contributed by atoms with Crippen molar-refractivity contribution in [2.24, 2.45) is 5.92 Å². The fourth-order valence-corrected chi connectivity index (χ4v) is 6.25. The molecule has 3 fully saturated rings. The van der Waals surface area contributed by atoms with Crippen LogP contribution in [0.25, 0.3) is 0 Å². The van der Waals surface area contributed by atoms with Crippen LogP contribution < -0.4 is 0 Å². The minimum Gasteiger partial charge on any atom is -0.350 e. The van der Waals surface area contributed by atoms with Crippen LogP contribution in [0.1, 0.15) is 44.9 Å². The largest absolute Gasteiger partial charge is 0.350 e. The SMILES string of the molecule is O=C(CCC1OCCO1)C1CC2CCCC(C1)S2(=O)=O. The lowest BCUT2D eigenvalue weighted by Crippen LogP contribution is -2.45. The number of hydrogen-bond acceptors (Lipinski definition) is 5. The molecule has 0 N–H and O–H groups in total. The number of rotatable bonds is 4. The van der Waals surface area contributed by atoms with E-state index >= 15 is 0 Å². The third-order valence-electron chi connectivity index (χ3n) is 4.85. The van der Waals surface area contributed by atoms with E-state index in [0.717, 1.165) is 19.3 Å². The predicted molar refractivity (Wildman–Crippen MR) is 73.0 cm³/mol. The summed E-state index contributed by atoms with van der Waals surface area (Å²) in [7, 11) is -2.96. The molecular weight excluding hydrogens is 280 g/mol. The van der Waals surface area contributed by atoms with Crippen LogP contribution in [0.4, 0.5) is 0 Å². The van der Waals surface area contributed by atoms with Gasteiger partial charge in [-0.05, 0) is 25.7 Å². The molecule has 3 rings (SSSR count). The molecule has 0 spiro atoms. The minimum atomic E-state index is -2.96. The molecule has 0 saturated carbocycles. The summed E-state index contributed by atoms with van der Waals surface area (Å²) < 4.78 is 35.0. The van der Waals surface area contributed by atoms with Gasteiger partial charge in [0.05, 0.1) is 23.7 Å². The van der Waals surface area contributed by atoms with E-state index in [1.807, 2.05) is 0 Å². The van der Waals surface area contributed by atoms with Crippen LogP contribution in [0.3, 0.4) is 0 Å². The molecule has 0 aromatic carbocycles. The number of sulfone groups is 1. The van der Waals surface area contributed by atoms with E-state index in [9.17, 15) is 13.2 Å². The third kappa shape index (κ3) is 2.78. The topological polar surface area (TPSA) is 69.7 Å². The summed E-state index contributed by atoms with van der Waals surface area (Å²) in [6.45, 7) is 1.20. The Morgan fingerprint density at radius 3 is 2.25 bits per heavy atom. The quantitative estimate of drug-likeness (QED) is 0.786. The molecule has 3 saturated heterocycles. The van der Waals surface area contributed by atoms with Gasteiger partial charge in [-0.2, -0.15) is 0 Å². The highest BCUT2D eigenvalue weighted by Gasteiger charge is 2.45. The number of Topliss-reactive ketones (excluding diaryl/α,β-unsaturated/α-hetero) is 1. The van der Waals surface area contributed by atoms with Crippen molar-refractivity contribution in [3.8, 4) is 0 Å². The van der Waals surface area contributed by atoms with E-state index in [4.69, 9.17) is 9.47 Å². The van der Waals surface area contributed by atoms with Gasteiger partial charge in [0.2, 0.25) is 0 Å². The van der Waals surface area contributed by atoms with Gasteiger partial charge in [-0.25, -0.2) is 8.42 Å². The Bertz CT molecular complexity index is 446. The smallest absolute Gasteiger partial charge is 0.158 e. The fraction of sp³-hybridized carbons (Fsp3) is 0.929. The second kappa shape index (κ2) is 5.73. The van der Waals surface area contributed by atoms with Crippen LogP contribution in [0.2, 0.25) is 0 Å². The lowest BCUT2D eigenvalue weighted by molar-refractivity contribution is -0.126. The van der Waals surface area contributed by atoms with Crippen LogP contribution in [0, 0.1) is 5.92 Å². The molecule has 0 amide bonds. The number of hydrogen-bond donors (Lipinski definition) is 0. The number of fused-ring (bicyclic) bond motifs is 2. The zero-order valence-corrected chi connectivity index (χ0v) is 12.4. The monoisotopic (exact) mass is 302 g/mol. The summed E-state index contributed by atoms with van der Waals surface area (Å²) in [6, 6.07) is 0. The Balaban J connectivity index is 1.56.